The number of carbonyl (C=O) groups is 1. The minimum absolute atomic E-state index is 0.0592. The van der Waals surface area contributed by atoms with Crippen LogP contribution in [0.25, 0.3) is 0 Å². The van der Waals surface area contributed by atoms with Crippen LogP contribution in [0, 0.1) is 0 Å². The van der Waals surface area contributed by atoms with Gasteiger partial charge in [-0.05, 0) is 24.6 Å². The van der Waals surface area contributed by atoms with Crippen LogP contribution in [-0.2, 0) is 14.2 Å². The first-order chi connectivity index (χ1) is 20.4. The van der Waals surface area contributed by atoms with Gasteiger partial charge in [-0.25, -0.2) is 0 Å². The van der Waals surface area contributed by atoms with Crippen molar-refractivity contribution in [3.8, 4) is 28.7 Å². The molecule has 2 fully saturated rings. The lowest BCUT2D eigenvalue weighted by atomic mass is 9.95. The predicted octanol–water partition coefficient (Wildman–Crippen LogP) is -1.16. The van der Waals surface area contributed by atoms with E-state index in [1.165, 1.54) is 32.2 Å². The number of aliphatic hydroxyl groups excluding tert-OH is 6. The van der Waals surface area contributed by atoms with Crippen molar-refractivity contribution in [2.45, 2.75) is 80.9 Å². The van der Waals surface area contributed by atoms with Gasteiger partial charge in [0.2, 0.25) is 6.29 Å². The number of fused-ring (bicyclic) bond motifs is 1. The summed E-state index contributed by atoms with van der Waals surface area (Å²) in [4.78, 5) is 13.0. The zero-order valence-corrected chi connectivity index (χ0v) is 23.1. The lowest BCUT2D eigenvalue weighted by Crippen LogP contribution is -2.64. The summed E-state index contributed by atoms with van der Waals surface area (Å²) in [6.07, 6.45) is -16.3. The summed E-state index contributed by atoms with van der Waals surface area (Å²) in [5.41, 5.74) is 0.352. The van der Waals surface area contributed by atoms with Crippen molar-refractivity contribution in [3.05, 3.63) is 41.5 Å². The second kappa shape index (κ2) is 12.4. The molecule has 0 amide bonds. The number of Topliss-reactive ketones (excluding diaryl/α,β-unsaturated/α-hetero) is 1. The molecule has 2 aromatic rings. The molecule has 0 saturated carbocycles. The Hall–Kier alpha value is -3.25. The highest BCUT2D eigenvalue weighted by molar-refractivity contribution is 6.02. The van der Waals surface area contributed by atoms with Gasteiger partial charge in [-0.3, -0.25) is 4.79 Å². The van der Waals surface area contributed by atoms with Gasteiger partial charge in [0.25, 0.3) is 0 Å². The molecule has 0 spiro atoms. The summed E-state index contributed by atoms with van der Waals surface area (Å²) in [6.45, 7) is 0.699. The number of ether oxygens (including phenoxy) is 6. The molecule has 0 bridgehead atoms. The van der Waals surface area contributed by atoms with E-state index in [2.05, 4.69) is 0 Å². The normalized spacial score (nSPS) is 36.0. The number of phenols is 2. The van der Waals surface area contributed by atoms with Gasteiger partial charge in [-0.15, -0.1) is 0 Å². The van der Waals surface area contributed by atoms with E-state index in [0.29, 0.717) is 5.56 Å². The average molecular weight is 611 g/mol. The van der Waals surface area contributed by atoms with Crippen LogP contribution in [0.1, 0.15) is 35.4 Å². The van der Waals surface area contributed by atoms with Gasteiger partial charge in [-0.2, -0.15) is 0 Å². The van der Waals surface area contributed by atoms with Crippen LogP contribution in [0.5, 0.6) is 28.7 Å². The number of benzene rings is 2. The van der Waals surface area contributed by atoms with Crippen LogP contribution in [0.4, 0.5) is 0 Å². The molecule has 3 aliphatic heterocycles. The van der Waals surface area contributed by atoms with E-state index in [-0.39, 0.29) is 35.0 Å². The first-order valence-corrected chi connectivity index (χ1v) is 13.5. The minimum Gasteiger partial charge on any atom is -0.507 e. The minimum atomic E-state index is -1.76. The van der Waals surface area contributed by atoms with Gasteiger partial charge in [0.05, 0.1) is 26.2 Å². The number of carbonyl (C=O) groups excluding carboxylic acids is 1. The summed E-state index contributed by atoms with van der Waals surface area (Å²) in [5, 5.41) is 82.4. The highest BCUT2D eigenvalue weighted by Gasteiger charge is 2.51. The Morgan fingerprint density at radius 2 is 1.63 bits per heavy atom. The average Bonchev–Trinajstić information content (AvgIpc) is 2.97. The molecule has 15 nitrogen and oxygen atoms in total. The zero-order chi connectivity index (χ0) is 31.2. The van der Waals surface area contributed by atoms with Gasteiger partial charge in [0, 0.05) is 12.1 Å². The van der Waals surface area contributed by atoms with Crippen molar-refractivity contribution in [2.24, 2.45) is 0 Å². The van der Waals surface area contributed by atoms with Crippen molar-refractivity contribution in [3.63, 3.8) is 0 Å². The number of aliphatic hydroxyl groups is 6. The van der Waals surface area contributed by atoms with Gasteiger partial charge in [-0.1, -0.05) is 6.07 Å². The van der Waals surface area contributed by atoms with Gasteiger partial charge < -0.3 is 69.3 Å². The Morgan fingerprint density at radius 1 is 0.884 bits per heavy atom. The van der Waals surface area contributed by atoms with Crippen LogP contribution in [0.2, 0.25) is 0 Å². The molecule has 3 heterocycles. The van der Waals surface area contributed by atoms with E-state index in [4.69, 9.17) is 28.4 Å². The van der Waals surface area contributed by atoms with Crippen molar-refractivity contribution < 1.29 is 74.1 Å². The van der Waals surface area contributed by atoms with Crippen molar-refractivity contribution in [1.82, 2.24) is 0 Å². The third-order valence-corrected chi connectivity index (χ3v) is 7.72. The number of aromatic hydroxyl groups is 2. The summed E-state index contributed by atoms with van der Waals surface area (Å²) in [7, 11) is 1.39. The quantitative estimate of drug-likeness (QED) is 0.185. The molecule has 0 aromatic heterocycles. The fourth-order valence-electron chi connectivity index (χ4n) is 5.29. The van der Waals surface area contributed by atoms with Gasteiger partial charge in [0.15, 0.2) is 29.7 Å². The van der Waals surface area contributed by atoms with E-state index in [0.717, 1.165) is 6.07 Å². The Balaban J connectivity index is 1.41. The van der Waals surface area contributed by atoms with Crippen LogP contribution < -0.4 is 14.2 Å². The maximum atomic E-state index is 13.0. The Kier molecular flexibility index (Phi) is 8.99. The lowest BCUT2D eigenvalue weighted by molar-refractivity contribution is -0.354. The molecular formula is C28H34O15. The highest BCUT2D eigenvalue weighted by Crippen LogP contribution is 2.43. The molecule has 0 unspecified atom stereocenters. The molecule has 2 saturated heterocycles. The first kappa shape index (κ1) is 31.2. The molecule has 11 atom stereocenters. The Bertz CT molecular complexity index is 1320. The molecule has 2 aromatic carbocycles. The maximum Gasteiger partial charge on any atom is 0.229 e. The van der Waals surface area contributed by atoms with Crippen molar-refractivity contribution in [2.75, 3.05) is 13.7 Å². The molecule has 5 rings (SSSR count). The maximum absolute atomic E-state index is 13.0. The SMILES string of the molecule is COc1ccc([C@@H]2CC(=O)c3c(O)cc(O[C@@H]4O[C@H](CO)[C@H](O)[C@H](O)[C@@H]4O[C@@H]4O[C@H](C)[C@H](O)[C@H](O)[C@H]4O)cc3O2)cc1O. The van der Waals surface area contributed by atoms with E-state index in [9.17, 15) is 45.6 Å². The third-order valence-electron chi connectivity index (χ3n) is 7.72. The Labute approximate surface area is 245 Å². The van der Waals surface area contributed by atoms with E-state index >= 15 is 0 Å². The van der Waals surface area contributed by atoms with Crippen molar-refractivity contribution in [1.29, 1.82) is 0 Å². The number of methoxy groups -OCH3 is 1. The molecule has 0 radical (unpaired) electrons. The number of hydrogen-bond acceptors (Lipinski definition) is 15. The highest BCUT2D eigenvalue weighted by atomic mass is 16.8. The fraction of sp³-hybridized carbons (Fsp3) is 0.536. The topological polar surface area (TPSA) is 234 Å². The number of rotatable bonds is 7. The fourth-order valence-corrected chi connectivity index (χ4v) is 5.29. The van der Waals surface area contributed by atoms with Gasteiger partial charge in [0.1, 0.15) is 65.5 Å². The second-order valence-corrected chi connectivity index (χ2v) is 10.6. The monoisotopic (exact) mass is 610 g/mol. The Morgan fingerprint density at radius 3 is 2.30 bits per heavy atom. The molecular weight excluding hydrogens is 576 g/mol. The van der Waals surface area contributed by atoms with Crippen LogP contribution in [0.3, 0.4) is 0 Å². The molecule has 15 heteroatoms. The van der Waals surface area contributed by atoms with E-state index in [1.807, 2.05) is 0 Å². The molecule has 8 N–H and O–H groups in total. The van der Waals surface area contributed by atoms with Gasteiger partial charge >= 0.3 is 0 Å². The summed E-state index contributed by atoms with van der Waals surface area (Å²) in [6, 6.07) is 6.89. The molecule has 0 aliphatic carbocycles. The first-order valence-electron chi connectivity index (χ1n) is 13.5. The smallest absolute Gasteiger partial charge is 0.229 e. The second-order valence-electron chi connectivity index (χ2n) is 10.6. The van der Waals surface area contributed by atoms with Crippen molar-refractivity contribution >= 4 is 5.78 Å². The number of hydrogen-bond donors (Lipinski definition) is 8. The largest absolute Gasteiger partial charge is 0.507 e. The summed E-state index contributed by atoms with van der Waals surface area (Å²) >= 11 is 0. The molecule has 236 valence electrons. The molecule has 43 heavy (non-hydrogen) atoms. The predicted molar refractivity (Wildman–Crippen MR) is 141 cm³/mol. The zero-order valence-electron chi connectivity index (χ0n) is 23.1. The van der Waals surface area contributed by atoms with E-state index < -0.39 is 85.7 Å². The third kappa shape index (κ3) is 5.95. The van der Waals surface area contributed by atoms with E-state index in [1.54, 1.807) is 6.07 Å². The summed E-state index contributed by atoms with van der Waals surface area (Å²) in [5.74, 6) is -1.06. The lowest BCUT2D eigenvalue weighted by Gasteiger charge is -2.45. The standard InChI is InChI=1S/C28H34O15/c1-10-21(33)23(35)25(37)27(39-10)43-26-24(36)22(34)19(9-29)42-28(26)40-12-6-14(31)20-15(32)8-17(41-18(20)7-12)11-3-4-16(38-2)13(30)5-11/h3-7,10,17,19,21-31,33-37H,8-9H2,1-2H3/t10-,17+,19-,21+,22+,23+,24+,25-,26+,27+,28-/m1/s1. The number of phenolic OH excluding ortho intramolecular Hbond substituents is 2. The summed E-state index contributed by atoms with van der Waals surface area (Å²) < 4.78 is 33.7. The molecule has 3 aliphatic rings. The number of ketones is 1. The van der Waals surface area contributed by atoms with Crippen LogP contribution in [-0.4, -0.2) is 122 Å². The van der Waals surface area contributed by atoms with Crippen LogP contribution in [0.15, 0.2) is 30.3 Å². The van der Waals surface area contributed by atoms with Crippen LogP contribution >= 0.6 is 0 Å².